The largest absolute Gasteiger partial charge is 0.472 e. The Morgan fingerprint density at radius 3 is 2.67 bits per heavy atom. The van der Waals surface area contributed by atoms with E-state index in [1.165, 1.54) is 6.33 Å². The third-order valence-electron chi connectivity index (χ3n) is 4.78. The average molecular weight is 385 g/mol. The number of nitrogens with one attached hydrogen (secondary N) is 1. The molecule has 1 fully saturated rings. The quantitative estimate of drug-likeness (QED) is 0.666. The van der Waals surface area contributed by atoms with Crippen LogP contribution in [0.2, 0.25) is 5.15 Å². The number of aromatic nitrogens is 2. The smallest absolute Gasteiger partial charge is 0.158 e. The fraction of sp³-hybridized carbons (Fsp3) is 0.263. The number of anilines is 4. The minimum Gasteiger partial charge on any atom is -0.472 e. The molecule has 4 rings (SSSR count). The molecule has 1 aromatic carbocycles. The summed E-state index contributed by atoms with van der Waals surface area (Å²) in [6.45, 7) is 3.95. The van der Waals surface area contributed by atoms with Gasteiger partial charge in [-0.1, -0.05) is 17.7 Å². The van der Waals surface area contributed by atoms with Crippen LogP contribution in [0.5, 0.6) is 0 Å². The summed E-state index contributed by atoms with van der Waals surface area (Å²) >= 11 is 6.05. The Labute approximate surface area is 162 Å². The minimum atomic E-state index is 0.236. The highest BCUT2D eigenvalue weighted by Crippen LogP contribution is 2.35. The number of nitrogen functional groups attached to an aromatic ring is 1. The maximum Gasteiger partial charge on any atom is 0.158 e. The molecule has 0 saturated carbocycles. The first-order valence-electron chi connectivity index (χ1n) is 8.75. The molecular formula is C19H21ClN6O. The average Bonchev–Trinajstić information content (AvgIpc) is 3.21. The van der Waals surface area contributed by atoms with Gasteiger partial charge in [0.1, 0.15) is 12.0 Å². The van der Waals surface area contributed by atoms with E-state index in [9.17, 15) is 0 Å². The summed E-state index contributed by atoms with van der Waals surface area (Å²) in [5.74, 6) is 0.495. The van der Waals surface area contributed by atoms with Crippen molar-refractivity contribution < 1.29 is 4.42 Å². The van der Waals surface area contributed by atoms with Gasteiger partial charge in [-0.2, -0.15) is 0 Å². The van der Waals surface area contributed by atoms with Crippen molar-refractivity contribution in [1.82, 2.24) is 14.9 Å². The summed E-state index contributed by atoms with van der Waals surface area (Å²) in [5.41, 5.74) is 10.5. The molecule has 140 valence electrons. The van der Waals surface area contributed by atoms with Crippen molar-refractivity contribution in [3.8, 4) is 11.1 Å². The minimum absolute atomic E-state index is 0.236. The van der Waals surface area contributed by atoms with Crippen LogP contribution in [0.1, 0.15) is 0 Å². The molecule has 3 heterocycles. The lowest BCUT2D eigenvalue weighted by Gasteiger charge is -2.35. The molecule has 0 amide bonds. The van der Waals surface area contributed by atoms with Gasteiger partial charge in [0.15, 0.2) is 11.0 Å². The predicted octanol–water partition coefficient (Wildman–Crippen LogP) is 3.47. The molecule has 8 heteroatoms. The summed E-state index contributed by atoms with van der Waals surface area (Å²) in [6.07, 6.45) is 4.79. The normalized spacial score (nSPS) is 15.1. The Kier molecular flexibility index (Phi) is 4.87. The maximum absolute atomic E-state index is 6.06. The van der Waals surface area contributed by atoms with Crippen LogP contribution in [-0.2, 0) is 0 Å². The Balaban J connectivity index is 1.73. The fourth-order valence-electron chi connectivity index (χ4n) is 3.17. The zero-order chi connectivity index (χ0) is 18.8. The maximum atomic E-state index is 6.06. The van der Waals surface area contributed by atoms with Gasteiger partial charge in [0, 0.05) is 31.7 Å². The SMILES string of the molecule is CN1CCN(c2ccc(-c3ccoc3)cc2Nc2ncnc(Cl)c2N)CC1. The van der Waals surface area contributed by atoms with E-state index in [2.05, 4.69) is 50.3 Å². The highest BCUT2D eigenvalue weighted by atomic mass is 35.5. The van der Waals surface area contributed by atoms with E-state index < -0.39 is 0 Å². The summed E-state index contributed by atoms with van der Waals surface area (Å²) in [6, 6.07) is 8.23. The molecule has 0 radical (unpaired) electrons. The summed E-state index contributed by atoms with van der Waals surface area (Å²) in [5, 5.41) is 3.58. The lowest BCUT2D eigenvalue weighted by atomic mass is 10.1. The Morgan fingerprint density at radius 1 is 1.11 bits per heavy atom. The van der Waals surface area contributed by atoms with E-state index in [0.29, 0.717) is 11.5 Å². The number of furan rings is 1. The molecule has 0 atom stereocenters. The first kappa shape index (κ1) is 17.6. The number of likely N-dealkylation sites (N-methyl/N-ethyl adjacent to an activating group) is 1. The van der Waals surface area contributed by atoms with Gasteiger partial charge >= 0.3 is 0 Å². The third-order valence-corrected chi connectivity index (χ3v) is 5.08. The second kappa shape index (κ2) is 7.46. The van der Waals surface area contributed by atoms with Crippen LogP contribution >= 0.6 is 11.6 Å². The fourth-order valence-corrected chi connectivity index (χ4v) is 3.30. The number of hydrogen-bond donors (Lipinski definition) is 2. The van der Waals surface area contributed by atoms with Crippen LogP contribution in [0.3, 0.4) is 0 Å². The van der Waals surface area contributed by atoms with Gasteiger partial charge in [0.25, 0.3) is 0 Å². The Morgan fingerprint density at radius 2 is 1.93 bits per heavy atom. The molecule has 0 unspecified atom stereocenters. The third kappa shape index (κ3) is 3.70. The predicted molar refractivity (Wildman–Crippen MR) is 109 cm³/mol. The van der Waals surface area contributed by atoms with Crippen molar-refractivity contribution in [2.24, 2.45) is 0 Å². The van der Waals surface area contributed by atoms with Crippen molar-refractivity contribution in [3.63, 3.8) is 0 Å². The van der Waals surface area contributed by atoms with Crippen LogP contribution in [0, 0.1) is 0 Å². The van der Waals surface area contributed by atoms with E-state index in [1.54, 1.807) is 12.5 Å². The van der Waals surface area contributed by atoms with Gasteiger partial charge in [0.05, 0.1) is 23.9 Å². The van der Waals surface area contributed by atoms with Crippen LogP contribution in [-0.4, -0.2) is 48.1 Å². The van der Waals surface area contributed by atoms with Crippen molar-refractivity contribution >= 4 is 34.5 Å². The number of hydrogen-bond acceptors (Lipinski definition) is 7. The lowest BCUT2D eigenvalue weighted by Crippen LogP contribution is -2.44. The number of nitrogens with two attached hydrogens (primary N) is 1. The first-order chi connectivity index (χ1) is 13.1. The van der Waals surface area contributed by atoms with Crippen molar-refractivity contribution in [2.45, 2.75) is 0 Å². The van der Waals surface area contributed by atoms with Gasteiger partial charge in [-0.15, -0.1) is 0 Å². The van der Waals surface area contributed by atoms with Crippen LogP contribution < -0.4 is 16.0 Å². The first-order valence-corrected chi connectivity index (χ1v) is 9.13. The second-order valence-electron chi connectivity index (χ2n) is 6.59. The molecule has 2 aromatic heterocycles. The van der Waals surface area contributed by atoms with E-state index >= 15 is 0 Å². The summed E-state index contributed by atoms with van der Waals surface area (Å²) < 4.78 is 5.23. The van der Waals surface area contributed by atoms with Gasteiger partial charge < -0.3 is 25.3 Å². The summed E-state index contributed by atoms with van der Waals surface area (Å²) in [4.78, 5) is 12.9. The molecule has 3 aromatic rings. The van der Waals surface area contributed by atoms with Crippen molar-refractivity contribution in [2.75, 3.05) is 49.2 Å². The molecule has 1 saturated heterocycles. The van der Waals surface area contributed by atoms with Crippen LogP contribution in [0.4, 0.5) is 22.9 Å². The number of nitrogens with zero attached hydrogens (tertiary/aromatic N) is 4. The molecule has 7 nitrogen and oxygen atoms in total. The zero-order valence-corrected chi connectivity index (χ0v) is 15.8. The van der Waals surface area contributed by atoms with E-state index in [0.717, 1.165) is 48.7 Å². The van der Waals surface area contributed by atoms with Gasteiger partial charge in [-0.05, 0) is 30.8 Å². The highest BCUT2D eigenvalue weighted by Gasteiger charge is 2.19. The number of piperazine rings is 1. The molecule has 0 spiro atoms. The molecule has 3 N–H and O–H groups in total. The van der Waals surface area contributed by atoms with Gasteiger partial charge in [-0.25, -0.2) is 9.97 Å². The van der Waals surface area contributed by atoms with E-state index in [4.69, 9.17) is 21.8 Å². The molecule has 1 aliphatic rings. The molecule has 0 bridgehead atoms. The second-order valence-corrected chi connectivity index (χ2v) is 6.94. The lowest BCUT2D eigenvalue weighted by molar-refractivity contribution is 0.313. The number of halogens is 1. The van der Waals surface area contributed by atoms with Crippen LogP contribution in [0.25, 0.3) is 11.1 Å². The van der Waals surface area contributed by atoms with Gasteiger partial charge in [0.2, 0.25) is 0 Å². The monoisotopic (exact) mass is 384 g/mol. The van der Waals surface area contributed by atoms with Crippen molar-refractivity contribution in [1.29, 1.82) is 0 Å². The molecule has 1 aliphatic heterocycles. The molecule has 27 heavy (non-hydrogen) atoms. The zero-order valence-electron chi connectivity index (χ0n) is 15.0. The Bertz CT molecular complexity index is 922. The molecule has 0 aliphatic carbocycles. The van der Waals surface area contributed by atoms with Crippen molar-refractivity contribution in [3.05, 3.63) is 48.3 Å². The number of benzene rings is 1. The Hall–Kier alpha value is -2.77. The highest BCUT2D eigenvalue weighted by molar-refractivity contribution is 6.32. The summed E-state index contributed by atoms with van der Waals surface area (Å²) in [7, 11) is 2.14. The van der Waals surface area contributed by atoms with E-state index in [-0.39, 0.29) is 5.15 Å². The molecular weight excluding hydrogens is 364 g/mol. The standard InChI is InChI=1S/C19H21ClN6O/c1-25-5-7-26(8-6-25)16-3-2-13(14-4-9-27-11-14)10-15(16)24-19-17(21)18(20)22-12-23-19/h2-4,9-12H,5-8,21H2,1H3,(H,22,23,24). The van der Waals surface area contributed by atoms with Gasteiger partial charge in [-0.3, -0.25) is 0 Å². The topological polar surface area (TPSA) is 83.5 Å². The number of rotatable bonds is 4. The van der Waals surface area contributed by atoms with Crippen LogP contribution in [0.15, 0.2) is 47.5 Å². The van der Waals surface area contributed by atoms with E-state index in [1.807, 2.05) is 6.07 Å².